The molecule has 4 rings (SSSR count). The minimum atomic E-state index is -0.0689. The zero-order valence-electron chi connectivity index (χ0n) is 13.2. The van der Waals surface area contributed by atoms with Crippen molar-refractivity contribution in [3.05, 3.63) is 34.4 Å². The fraction of sp³-hybridized carbons (Fsp3) is 0.632. The fourth-order valence-electron chi connectivity index (χ4n) is 4.85. The van der Waals surface area contributed by atoms with E-state index in [-0.39, 0.29) is 11.7 Å². The van der Waals surface area contributed by atoms with Gasteiger partial charge < -0.3 is 4.74 Å². The second-order valence-electron chi connectivity index (χ2n) is 7.76. The topological polar surface area (TPSA) is 29.6 Å². The number of hydrogen-bond acceptors (Lipinski definition) is 2. The van der Waals surface area contributed by atoms with Crippen LogP contribution in [0.1, 0.15) is 52.9 Å². The van der Waals surface area contributed by atoms with E-state index in [9.17, 15) is 4.79 Å². The predicted octanol–water partition coefficient (Wildman–Crippen LogP) is 4.13. The number of allylic oxidation sites excluding steroid dienone is 3. The van der Waals surface area contributed by atoms with Gasteiger partial charge in [-0.2, -0.15) is 0 Å². The van der Waals surface area contributed by atoms with Crippen molar-refractivity contribution in [3.8, 4) is 0 Å². The molecule has 0 amide bonds. The summed E-state index contributed by atoms with van der Waals surface area (Å²) in [5.41, 5.74) is 5.74. The Balaban J connectivity index is 1.88. The molecule has 112 valence electrons. The van der Waals surface area contributed by atoms with Crippen LogP contribution in [0, 0.1) is 11.3 Å². The highest BCUT2D eigenvalue weighted by molar-refractivity contribution is 5.75. The summed E-state index contributed by atoms with van der Waals surface area (Å²) in [6.45, 7) is 7.05. The molecule has 1 heterocycles. The van der Waals surface area contributed by atoms with Crippen molar-refractivity contribution < 1.29 is 9.53 Å². The summed E-state index contributed by atoms with van der Waals surface area (Å²) < 4.78 is 6.16. The number of ether oxygens (including phenoxy) is 1. The van der Waals surface area contributed by atoms with Crippen LogP contribution >= 0.6 is 0 Å². The number of rotatable bonds is 2. The Kier molecular flexibility index (Phi) is 2.70. The molecule has 0 N–H and O–H groups in total. The molecule has 1 saturated carbocycles. The van der Waals surface area contributed by atoms with E-state index in [2.05, 4.69) is 26.8 Å². The van der Waals surface area contributed by atoms with Crippen LogP contribution in [-0.2, 0) is 9.53 Å². The van der Waals surface area contributed by atoms with Crippen LogP contribution in [0.15, 0.2) is 34.4 Å². The molecule has 0 aromatic heterocycles. The average Bonchev–Trinajstić information content (AvgIpc) is 3.04. The lowest BCUT2D eigenvalue weighted by Crippen LogP contribution is -2.34. The van der Waals surface area contributed by atoms with Gasteiger partial charge in [0.2, 0.25) is 0 Å². The highest BCUT2D eigenvalue weighted by Gasteiger charge is 2.64. The average molecular weight is 284 g/mol. The molecular formula is C19H24O2. The van der Waals surface area contributed by atoms with Crippen molar-refractivity contribution in [2.45, 2.75) is 64.6 Å². The van der Waals surface area contributed by atoms with Crippen LogP contribution in [0.25, 0.3) is 0 Å². The van der Waals surface area contributed by atoms with E-state index >= 15 is 0 Å². The zero-order valence-corrected chi connectivity index (χ0v) is 13.2. The second kappa shape index (κ2) is 4.19. The lowest BCUT2D eigenvalue weighted by molar-refractivity contribution is -0.105. The Hall–Kier alpha value is -1.15. The van der Waals surface area contributed by atoms with Gasteiger partial charge in [-0.1, -0.05) is 38.5 Å². The minimum Gasteiger partial charge on any atom is -0.361 e. The van der Waals surface area contributed by atoms with Gasteiger partial charge in [0.1, 0.15) is 11.9 Å². The zero-order chi connectivity index (χ0) is 14.8. The quantitative estimate of drug-likeness (QED) is 0.564. The van der Waals surface area contributed by atoms with Crippen LogP contribution in [-0.4, -0.2) is 18.0 Å². The first-order valence-electron chi connectivity index (χ1n) is 8.28. The molecule has 1 aliphatic heterocycles. The van der Waals surface area contributed by atoms with Crippen molar-refractivity contribution in [3.63, 3.8) is 0 Å². The van der Waals surface area contributed by atoms with Gasteiger partial charge in [-0.15, -0.1) is 0 Å². The van der Waals surface area contributed by atoms with Gasteiger partial charge in [-0.05, 0) is 53.7 Å². The third kappa shape index (κ3) is 1.72. The largest absolute Gasteiger partial charge is 0.361 e. The van der Waals surface area contributed by atoms with Gasteiger partial charge in [-0.3, -0.25) is 4.79 Å². The summed E-state index contributed by atoms with van der Waals surface area (Å²) in [6.07, 6.45) is 11.1. The fourth-order valence-corrected chi connectivity index (χ4v) is 4.85. The number of carbonyl (C=O) groups is 1. The first-order chi connectivity index (χ1) is 10.00. The molecule has 2 nitrogen and oxygen atoms in total. The normalized spacial score (nSPS) is 40.9. The molecule has 0 aromatic carbocycles. The molecule has 4 aliphatic rings. The van der Waals surface area contributed by atoms with E-state index < -0.39 is 0 Å². The Bertz CT molecular complexity index is 607. The van der Waals surface area contributed by atoms with Crippen molar-refractivity contribution in [2.75, 3.05) is 0 Å². The van der Waals surface area contributed by atoms with Crippen LogP contribution in [0.4, 0.5) is 0 Å². The Morgan fingerprint density at radius 3 is 2.81 bits per heavy atom. The molecule has 21 heavy (non-hydrogen) atoms. The molecule has 1 saturated heterocycles. The van der Waals surface area contributed by atoms with Crippen molar-refractivity contribution in [1.82, 2.24) is 0 Å². The SMILES string of the molecule is CC(C)C1=C2C3=CC=C(C=O)C[C@@H]4O[C@@]34CC[C@@]2(C)CC1. The van der Waals surface area contributed by atoms with E-state index in [1.54, 1.807) is 11.1 Å². The van der Waals surface area contributed by atoms with Crippen molar-refractivity contribution in [1.29, 1.82) is 0 Å². The number of carbonyl (C=O) groups excluding carboxylic acids is 1. The lowest BCUT2D eigenvalue weighted by atomic mass is 9.64. The molecule has 3 atom stereocenters. The van der Waals surface area contributed by atoms with Gasteiger partial charge in [0.25, 0.3) is 0 Å². The van der Waals surface area contributed by atoms with Crippen LogP contribution in [0.2, 0.25) is 0 Å². The van der Waals surface area contributed by atoms with Crippen LogP contribution < -0.4 is 0 Å². The Labute approximate surface area is 126 Å². The Morgan fingerprint density at radius 1 is 1.29 bits per heavy atom. The number of hydrogen-bond donors (Lipinski definition) is 0. The maximum atomic E-state index is 11.2. The highest BCUT2D eigenvalue weighted by atomic mass is 16.6. The first kappa shape index (κ1) is 13.5. The number of aldehydes is 1. The van der Waals surface area contributed by atoms with E-state index in [1.165, 1.54) is 24.8 Å². The van der Waals surface area contributed by atoms with Crippen molar-refractivity contribution >= 4 is 6.29 Å². The van der Waals surface area contributed by atoms with Crippen LogP contribution in [0.3, 0.4) is 0 Å². The summed E-state index contributed by atoms with van der Waals surface area (Å²) in [7, 11) is 0. The Morgan fingerprint density at radius 2 is 2.10 bits per heavy atom. The smallest absolute Gasteiger partial charge is 0.146 e. The van der Waals surface area contributed by atoms with Gasteiger partial charge in [0.15, 0.2) is 0 Å². The summed E-state index contributed by atoms with van der Waals surface area (Å²) in [4.78, 5) is 11.2. The third-order valence-corrected chi connectivity index (χ3v) is 6.19. The summed E-state index contributed by atoms with van der Waals surface area (Å²) in [6, 6.07) is 0. The second-order valence-corrected chi connectivity index (χ2v) is 7.76. The van der Waals surface area contributed by atoms with E-state index in [1.807, 2.05) is 6.08 Å². The molecule has 0 bridgehead atoms. The molecule has 0 radical (unpaired) electrons. The minimum absolute atomic E-state index is 0.0689. The summed E-state index contributed by atoms with van der Waals surface area (Å²) >= 11 is 0. The maximum Gasteiger partial charge on any atom is 0.146 e. The van der Waals surface area contributed by atoms with Gasteiger partial charge in [-0.25, -0.2) is 0 Å². The van der Waals surface area contributed by atoms with Crippen molar-refractivity contribution in [2.24, 2.45) is 11.3 Å². The van der Waals surface area contributed by atoms with E-state index in [0.717, 1.165) is 24.7 Å². The monoisotopic (exact) mass is 284 g/mol. The molecular weight excluding hydrogens is 260 g/mol. The lowest BCUT2D eigenvalue weighted by Gasteiger charge is -2.39. The predicted molar refractivity (Wildman–Crippen MR) is 82.9 cm³/mol. The molecule has 2 fully saturated rings. The summed E-state index contributed by atoms with van der Waals surface area (Å²) in [5, 5.41) is 0. The maximum absolute atomic E-state index is 11.2. The number of epoxide rings is 1. The standard InChI is InChI=1S/C19H24O2/c1-12(2)14-6-7-18(3)8-9-19-15(17(14)18)5-4-13(11-20)10-16(19)21-19/h4-5,11-12,16H,6-10H2,1-3H3/t16-,18+,19-/m0/s1. The van der Waals surface area contributed by atoms with Gasteiger partial charge in [0, 0.05) is 6.42 Å². The molecule has 1 spiro atoms. The van der Waals surface area contributed by atoms with E-state index in [4.69, 9.17) is 4.74 Å². The number of fused-ring (bicyclic) bond motifs is 2. The third-order valence-electron chi connectivity index (χ3n) is 6.19. The van der Waals surface area contributed by atoms with Crippen LogP contribution in [0.5, 0.6) is 0 Å². The summed E-state index contributed by atoms with van der Waals surface area (Å²) in [5.74, 6) is 0.604. The molecule has 2 heteroatoms. The first-order valence-corrected chi connectivity index (χ1v) is 8.28. The van der Waals surface area contributed by atoms with Gasteiger partial charge in [0.05, 0.1) is 6.10 Å². The highest BCUT2D eigenvalue weighted by Crippen LogP contribution is 2.65. The van der Waals surface area contributed by atoms with Gasteiger partial charge >= 0.3 is 0 Å². The molecule has 0 unspecified atom stereocenters. The molecule has 3 aliphatic carbocycles. The van der Waals surface area contributed by atoms with E-state index in [0.29, 0.717) is 11.3 Å². The molecule has 0 aromatic rings.